The molecule has 0 aliphatic rings. The third kappa shape index (κ3) is 3.28. The van der Waals surface area contributed by atoms with E-state index in [0.29, 0.717) is 0 Å². The molecule has 0 N–H and O–H groups in total. The van der Waals surface area contributed by atoms with Gasteiger partial charge in [-0.05, 0) is 32.0 Å². The van der Waals surface area contributed by atoms with Gasteiger partial charge in [0.25, 0.3) is 0 Å². The standard InChI is InChI=1S/C12H14F2N2/c1-9(2)16(6-5-15)8-10-7-11(13)3-4-12(10)14/h3-4,7,9H,6,8H2,1-2H3. The van der Waals surface area contributed by atoms with Crippen molar-refractivity contribution in [2.45, 2.75) is 26.4 Å². The molecule has 0 aromatic heterocycles. The van der Waals surface area contributed by atoms with Gasteiger partial charge >= 0.3 is 0 Å². The quantitative estimate of drug-likeness (QED) is 0.735. The zero-order valence-corrected chi connectivity index (χ0v) is 9.37. The second-order valence-electron chi connectivity index (χ2n) is 3.89. The normalized spacial score (nSPS) is 10.8. The molecule has 0 bridgehead atoms. The average Bonchev–Trinajstić information content (AvgIpc) is 2.22. The number of rotatable bonds is 4. The van der Waals surface area contributed by atoms with Crippen molar-refractivity contribution in [1.29, 1.82) is 5.26 Å². The van der Waals surface area contributed by atoms with Gasteiger partial charge in [0, 0.05) is 18.2 Å². The van der Waals surface area contributed by atoms with Gasteiger partial charge in [-0.3, -0.25) is 4.90 Å². The number of hydrogen-bond donors (Lipinski definition) is 0. The van der Waals surface area contributed by atoms with Crippen LogP contribution in [0.1, 0.15) is 19.4 Å². The van der Waals surface area contributed by atoms with Crippen LogP contribution in [0.5, 0.6) is 0 Å². The van der Waals surface area contributed by atoms with E-state index in [1.165, 1.54) is 6.07 Å². The maximum absolute atomic E-state index is 13.4. The number of halogens is 2. The van der Waals surface area contributed by atoms with Crippen LogP contribution in [0.2, 0.25) is 0 Å². The summed E-state index contributed by atoms with van der Waals surface area (Å²) in [4.78, 5) is 1.78. The van der Waals surface area contributed by atoms with Gasteiger partial charge in [-0.15, -0.1) is 0 Å². The summed E-state index contributed by atoms with van der Waals surface area (Å²) in [5, 5.41) is 8.63. The van der Waals surface area contributed by atoms with Crippen LogP contribution in [-0.4, -0.2) is 17.5 Å². The van der Waals surface area contributed by atoms with Crippen LogP contribution in [0.4, 0.5) is 8.78 Å². The van der Waals surface area contributed by atoms with E-state index >= 15 is 0 Å². The van der Waals surface area contributed by atoms with E-state index in [-0.39, 0.29) is 24.7 Å². The lowest BCUT2D eigenvalue weighted by Crippen LogP contribution is -2.31. The Morgan fingerprint density at radius 2 is 2.06 bits per heavy atom. The first-order valence-electron chi connectivity index (χ1n) is 5.09. The smallest absolute Gasteiger partial charge is 0.127 e. The molecule has 0 saturated heterocycles. The number of hydrogen-bond acceptors (Lipinski definition) is 2. The second kappa shape index (κ2) is 5.57. The van der Waals surface area contributed by atoms with Gasteiger partial charge < -0.3 is 0 Å². The third-order valence-electron chi connectivity index (χ3n) is 2.39. The zero-order valence-electron chi connectivity index (χ0n) is 9.37. The Morgan fingerprint density at radius 1 is 1.38 bits per heavy atom. The van der Waals surface area contributed by atoms with Gasteiger partial charge in [0.1, 0.15) is 11.6 Å². The molecule has 1 rings (SSSR count). The minimum absolute atomic E-state index is 0.113. The summed E-state index contributed by atoms with van der Waals surface area (Å²) in [5.41, 5.74) is 0.281. The lowest BCUT2D eigenvalue weighted by atomic mass is 10.1. The molecule has 0 fully saturated rings. The maximum Gasteiger partial charge on any atom is 0.127 e. The SMILES string of the molecule is CC(C)N(CC#N)Cc1cc(F)ccc1F. The van der Waals surface area contributed by atoms with Crippen molar-refractivity contribution < 1.29 is 8.78 Å². The fourth-order valence-corrected chi connectivity index (χ4v) is 1.40. The molecule has 0 aliphatic carbocycles. The Balaban J connectivity index is 2.85. The zero-order chi connectivity index (χ0) is 12.1. The topological polar surface area (TPSA) is 27.0 Å². The number of nitrogens with zero attached hydrogens (tertiary/aromatic N) is 2. The average molecular weight is 224 g/mol. The van der Waals surface area contributed by atoms with Crippen LogP contribution < -0.4 is 0 Å². The van der Waals surface area contributed by atoms with Crippen LogP contribution in [0.15, 0.2) is 18.2 Å². The summed E-state index contributed by atoms with van der Waals surface area (Å²) >= 11 is 0. The van der Waals surface area contributed by atoms with E-state index in [4.69, 9.17) is 5.26 Å². The van der Waals surface area contributed by atoms with Gasteiger partial charge in [-0.1, -0.05) is 0 Å². The van der Waals surface area contributed by atoms with E-state index in [1.54, 1.807) is 4.90 Å². The van der Waals surface area contributed by atoms with Crippen LogP contribution in [-0.2, 0) is 6.54 Å². The summed E-state index contributed by atoms with van der Waals surface area (Å²) in [5.74, 6) is -0.901. The Labute approximate surface area is 94.1 Å². The van der Waals surface area contributed by atoms with Gasteiger partial charge in [0.2, 0.25) is 0 Å². The first-order chi connectivity index (χ1) is 7.54. The molecule has 2 nitrogen and oxygen atoms in total. The summed E-state index contributed by atoms with van der Waals surface area (Å²) in [6.45, 7) is 4.27. The Hall–Kier alpha value is -1.47. The van der Waals surface area contributed by atoms with Crippen molar-refractivity contribution in [1.82, 2.24) is 4.90 Å². The Bertz CT molecular complexity index is 396. The summed E-state index contributed by atoms with van der Waals surface area (Å²) in [6.07, 6.45) is 0. The molecular formula is C12H14F2N2. The van der Waals surface area contributed by atoms with E-state index in [9.17, 15) is 8.78 Å². The van der Waals surface area contributed by atoms with Crippen molar-refractivity contribution in [3.8, 4) is 6.07 Å². The monoisotopic (exact) mass is 224 g/mol. The molecule has 0 unspecified atom stereocenters. The molecular weight excluding hydrogens is 210 g/mol. The van der Waals surface area contributed by atoms with E-state index in [1.807, 2.05) is 19.9 Å². The molecule has 86 valence electrons. The van der Waals surface area contributed by atoms with Crippen LogP contribution in [0.3, 0.4) is 0 Å². The second-order valence-corrected chi connectivity index (χ2v) is 3.89. The lowest BCUT2D eigenvalue weighted by Gasteiger charge is -2.23. The largest absolute Gasteiger partial charge is 0.284 e. The maximum atomic E-state index is 13.4. The highest BCUT2D eigenvalue weighted by molar-refractivity contribution is 5.18. The van der Waals surface area contributed by atoms with Crippen LogP contribution >= 0.6 is 0 Å². The fourth-order valence-electron chi connectivity index (χ4n) is 1.40. The summed E-state index contributed by atoms with van der Waals surface area (Å²) in [6, 6.07) is 5.49. The predicted molar refractivity (Wildman–Crippen MR) is 57.5 cm³/mol. The third-order valence-corrected chi connectivity index (χ3v) is 2.39. The number of benzene rings is 1. The molecule has 0 aliphatic heterocycles. The first-order valence-corrected chi connectivity index (χ1v) is 5.09. The summed E-state index contributed by atoms with van der Waals surface area (Å²) in [7, 11) is 0. The molecule has 0 spiro atoms. The molecule has 0 heterocycles. The van der Waals surface area contributed by atoms with Crippen molar-refractivity contribution in [2.75, 3.05) is 6.54 Å². The van der Waals surface area contributed by atoms with Gasteiger partial charge in [-0.2, -0.15) is 5.26 Å². The summed E-state index contributed by atoms with van der Waals surface area (Å²) < 4.78 is 26.3. The van der Waals surface area contributed by atoms with Crippen molar-refractivity contribution in [3.63, 3.8) is 0 Å². The van der Waals surface area contributed by atoms with Gasteiger partial charge in [0.05, 0.1) is 12.6 Å². The molecule has 0 amide bonds. The lowest BCUT2D eigenvalue weighted by molar-refractivity contribution is 0.236. The fraction of sp³-hybridized carbons (Fsp3) is 0.417. The molecule has 0 saturated carbocycles. The van der Waals surface area contributed by atoms with Crippen LogP contribution in [0, 0.1) is 23.0 Å². The number of nitriles is 1. The molecule has 1 aromatic carbocycles. The Morgan fingerprint density at radius 3 is 2.62 bits per heavy atom. The highest BCUT2D eigenvalue weighted by Gasteiger charge is 2.12. The van der Waals surface area contributed by atoms with Crippen molar-refractivity contribution >= 4 is 0 Å². The molecule has 4 heteroatoms. The van der Waals surface area contributed by atoms with E-state index in [0.717, 1.165) is 12.1 Å². The minimum atomic E-state index is -0.461. The highest BCUT2D eigenvalue weighted by Crippen LogP contribution is 2.13. The predicted octanol–water partition coefficient (Wildman–Crippen LogP) is 2.70. The van der Waals surface area contributed by atoms with Crippen LogP contribution in [0.25, 0.3) is 0 Å². The molecule has 16 heavy (non-hydrogen) atoms. The first kappa shape index (κ1) is 12.6. The van der Waals surface area contributed by atoms with E-state index in [2.05, 4.69) is 0 Å². The van der Waals surface area contributed by atoms with Gasteiger partial charge in [-0.25, -0.2) is 8.78 Å². The molecule has 1 aromatic rings. The Kier molecular flexibility index (Phi) is 4.39. The van der Waals surface area contributed by atoms with E-state index < -0.39 is 11.6 Å². The molecule has 0 atom stereocenters. The highest BCUT2D eigenvalue weighted by atomic mass is 19.1. The van der Waals surface area contributed by atoms with Crippen molar-refractivity contribution in [3.05, 3.63) is 35.4 Å². The van der Waals surface area contributed by atoms with Crippen molar-refractivity contribution in [2.24, 2.45) is 0 Å². The minimum Gasteiger partial charge on any atom is -0.284 e. The van der Waals surface area contributed by atoms with Gasteiger partial charge in [0.15, 0.2) is 0 Å². The molecule has 0 radical (unpaired) electrons.